The van der Waals surface area contributed by atoms with Crippen molar-refractivity contribution in [3.63, 3.8) is 0 Å². The van der Waals surface area contributed by atoms with Gasteiger partial charge >= 0.3 is 0 Å². The standard InChI is InChI=1S/C33H33N3/c1-5-28(11-7-6-9-21-34)16-13-25(2)26(3)14-17-29-23-30(18-15-27(29)4)31-19-20-33(36-24-31)32-12-8-10-22-35-32/h5-10,12-24H,2-3,11,34H2,1,4H3/b7-6-,16-13-,17-14-,21-9-,28-5-. The number of hydrogen-bond acceptors (Lipinski definition) is 3. The number of pyridine rings is 2. The zero-order valence-corrected chi connectivity index (χ0v) is 21.1. The van der Waals surface area contributed by atoms with Crippen LogP contribution in [-0.2, 0) is 0 Å². The molecule has 0 amide bonds. The molecule has 0 bridgehead atoms. The van der Waals surface area contributed by atoms with E-state index in [-0.39, 0.29) is 0 Å². The van der Waals surface area contributed by atoms with Crippen molar-refractivity contribution in [2.45, 2.75) is 20.3 Å². The third-order valence-corrected chi connectivity index (χ3v) is 5.76. The molecule has 180 valence electrons. The van der Waals surface area contributed by atoms with Crippen molar-refractivity contribution in [3.8, 4) is 22.5 Å². The monoisotopic (exact) mass is 471 g/mol. The second kappa shape index (κ2) is 13.4. The molecule has 0 spiro atoms. The summed E-state index contributed by atoms with van der Waals surface area (Å²) in [5, 5.41) is 0. The van der Waals surface area contributed by atoms with E-state index in [4.69, 9.17) is 5.73 Å². The van der Waals surface area contributed by atoms with Crippen LogP contribution >= 0.6 is 0 Å². The van der Waals surface area contributed by atoms with Crippen LogP contribution in [0.4, 0.5) is 0 Å². The van der Waals surface area contributed by atoms with E-state index in [2.05, 4.69) is 78.6 Å². The van der Waals surface area contributed by atoms with Crippen LogP contribution in [0.5, 0.6) is 0 Å². The molecule has 3 aromatic rings. The first-order chi connectivity index (χ1) is 17.5. The highest BCUT2D eigenvalue weighted by atomic mass is 14.8. The van der Waals surface area contributed by atoms with Crippen LogP contribution in [-0.4, -0.2) is 9.97 Å². The zero-order valence-electron chi connectivity index (χ0n) is 21.1. The van der Waals surface area contributed by atoms with E-state index in [0.717, 1.165) is 45.6 Å². The first-order valence-corrected chi connectivity index (χ1v) is 11.9. The average molecular weight is 472 g/mol. The number of allylic oxidation sites excluding steroid dienone is 10. The molecular formula is C33H33N3. The molecule has 0 radical (unpaired) electrons. The zero-order chi connectivity index (χ0) is 25.8. The molecule has 0 aliphatic carbocycles. The van der Waals surface area contributed by atoms with Crippen LogP contribution in [0.1, 0.15) is 24.5 Å². The Balaban J connectivity index is 1.69. The highest BCUT2D eigenvalue weighted by molar-refractivity contribution is 5.71. The summed E-state index contributed by atoms with van der Waals surface area (Å²) in [5.41, 5.74) is 14.5. The fourth-order valence-corrected chi connectivity index (χ4v) is 3.47. The lowest BCUT2D eigenvalue weighted by atomic mass is 9.99. The van der Waals surface area contributed by atoms with Crippen molar-refractivity contribution in [2.75, 3.05) is 0 Å². The minimum atomic E-state index is 0.830. The molecule has 3 heteroatoms. The predicted octanol–water partition coefficient (Wildman–Crippen LogP) is 8.17. The van der Waals surface area contributed by atoms with Crippen LogP contribution in [0.15, 0.2) is 140 Å². The lowest BCUT2D eigenvalue weighted by molar-refractivity contribution is 1.25. The van der Waals surface area contributed by atoms with Crippen molar-refractivity contribution in [3.05, 3.63) is 151 Å². The number of benzene rings is 1. The van der Waals surface area contributed by atoms with Gasteiger partial charge in [0.2, 0.25) is 0 Å². The first kappa shape index (κ1) is 26.1. The van der Waals surface area contributed by atoms with E-state index in [0.29, 0.717) is 0 Å². The number of rotatable bonds is 10. The van der Waals surface area contributed by atoms with Crippen molar-refractivity contribution >= 4 is 6.08 Å². The van der Waals surface area contributed by atoms with E-state index in [1.54, 1.807) is 6.20 Å². The molecule has 2 aromatic heterocycles. The SMILES string of the molecule is C=C(/C=C\C(=C/C)C/C=C\C=C/N)C(=C)/C=C\c1cc(-c2ccc(-c3ccccn3)nc2)ccc1C. The molecule has 2 heterocycles. The molecule has 1 aromatic carbocycles. The summed E-state index contributed by atoms with van der Waals surface area (Å²) in [6, 6.07) is 16.4. The Morgan fingerprint density at radius 3 is 2.36 bits per heavy atom. The Bertz CT molecular complexity index is 1340. The number of nitrogens with two attached hydrogens (primary N) is 1. The maximum absolute atomic E-state index is 5.36. The van der Waals surface area contributed by atoms with E-state index in [1.165, 1.54) is 17.3 Å². The molecule has 3 nitrogen and oxygen atoms in total. The van der Waals surface area contributed by atoms with Crippen molar-refractivity contribution in [1.82, 2.24) is 9.97 Å². The third-order valence-electron chi connectivity index (χ3n) is 5.76. The lowest BCUT2D eigenvalue weighted by Crippen LogP contribution is -1.89. The molecule has 0 unspecified atom stereocenters. The Morgan fingerprint density at radius 1 is 0.889 bits per heavy atom. The molecule has 3 rings (SSSR count). The average Bonchev–Trinajstić information content (AvgIpc) is 2.92. The number of hydrogen-bond donors (Lipinski definition) is 1. The minimum Gasteiger partial charge on any atom is -0.405 e. The number of aromatic nitrogens is 2. The van der Waals surface area contributed by atoms with Crippen LogP contribution in [0.25, 0.3) is 28.6 Å². The van der Waals surface area contributed by atoms with Crippen molar-refractivity contribution in [1.29, 1.82) is 0 Å². The Labute approximate surface area is 215 Å². The summed E-state index contributed by atoms with van der Waals surface area (Å²) in [5.74, 6) is 0. The third kappa shape index (κ3) is 7.51. The van der Waals surface area contributed by atoms with E-state index < -0.39 is 0 Å². The van der Waals surface area contributed by atoms with Gasteiger partial charge in [0.15, 0.2) is 0 Å². The van der Waals surface area contributed by atoms with Gasteiger partial charge in [-0.25, -0.2) is 0 Å². The van der Waals surface area contributed by atoms with Gasteiger partial charge in [0, 0.05) is 18.0 Å². The molecule has 0 aliphatic rings. The second-order valence-corrected chi connectivity index (χ2v) is 8.32. The van der Waals surface area contributed by atoms with Gasteiger partial charge in [-0.2, -0.15) is 0 Å². The molecule has 0 fully saturated rings. The van der Waals surface area contributed by atoms with E-state index in [9.17, 15) is 0 Å². The molecule has 0 saturated carbocycles. The molecule has 0 atom stereocenters. The van der Waals surface area contributed by atoms with Gasteiger partial charge in [-0.1, -0.05) is 80.0 Å². The van der Waals surface area contributed by atoms with Crippen molar-refractivity contribution < 1.29 is 0 Å². The first-order valence-electron chi connectivity index (χ1n) is 11.9. The smallest absolute Gasteiger partial charge is 0.0886 e. The fourth-order valence-electron chi connectivity index (χ4n) is 3.47. The molecule has 0 saturated heterocycles. The van der Waals surface area contributed by atoms with Gasteiger partial charge in [-0.05, 0) is 90.2 Å². The normalized spacial score (nSPS) is 12.3. The summed E-state index contributed by atoms with van der Waals surface area (Å²) >= 11 is 0. The molecular weight excluding hydrogens is 438 g/mol. The van der Waals surface area contributed by atoms with Crippen LogP contribution < -0.4 is 5.73 Å². The van der Waals surface area contributed by atoms with Crippen LogP contribution in [0.3, 0.4) is 0 Å². The highest BCUT2D eigenvalue weighted by Gasteiger charge is 2.04. The number of aryl methyl sites for hydroxylation is 1. The summed E-state index contributed by atoms with van der Waals surface area (Å²) < 4.78 is 0. The Hall–Kier alpha value is -4.50. The maximum atomic E-state index is 5.36. The quantitative estimate of drug-likeness (QED) is 0.303. The summed E-state index contributed by atoms with van der Waals surface area (Å²) in [4.78, 5) is 8.99. The Kier molecular flexibility index (Phi) is 9.72. The largest absolute Gasteiger partial charge is 0.405 e. The van der Waals surface area contributed by atoms with E-state index in [1.807, 2.05) is 61.7 Å². The minimum absolute atomic E-state index is 0.830. The number of nitrogens with zero attached hydrogens (tertiary/aromatic N) is 2. The Morgan fingerprint density at radius 2 is 1.67 bits per heavy atom. The van der Waals surface area contributed by atoms with Crippen molar-refractivity contribution in [2.24, 2.45) is 5.73 Å². The lowest BCUT2D eigenvalue weighted by Gasteiger charge is -2.08. The topological polar surface area (TPSA) is 51.8 Å². The van der Waals surface area contributed by atoms with Crippen LogP contribution in [0.2, 0.25) is 0 Å². The summed E-state index contributed by atoms with van der Waals surface area (Å²) in [6.45, 7) is 12.5. The highest BCUT2D eigenvalue weighted by Crippen LogP contribution is 2.25. The van der Waals surface area contributed by atoms with Gasteiger partial charge < -0.3 is 5.73 Å². The van der Waals surface area contributed by atoms with Crippen LogP contribution in [0, 0.1) is 6.92 Å². The van der Waals surface area contributed by atoms with Gasteiger partial charge in [0.05, 0.1) is 11.4 Å². The molecule has 0 aliphatic heterocycles. The summed E-state index contributed by atoms with van der Waals surface area (Å²) in [7, 11) is 0. The van der Waals surface area contributed by atoms with E-state index >= 15 is 0 Å². The summed E-state index contributed by atoms with van der Waals surface area (Å²) in [6.07, 6.45) is 22.1. The fraction of sp³-hybridized carbons (Fsp3) is 0.0909. The van der Waals surface area contributed by atoms with Gasteiger partial charge in [-0.15, -0.1) is 0 Å². The van der Waals surface area contributed by atoms with Gasteiger partial charge in [0.1, 0.15) is 0 Å². The molecule has 2 N–H and O–H groups in total. The van der Waals surface area contributed by atoms with Gasteiger partial charge in [0.25, 0.3) is 0 Å². The second-order valence-electron chi connectivity index (χ2n) is 8.32. The predicted molar refractivity (Wildman–Crippen MR) is 155 cm³/mol. The van der Waals surface area contributed by atoms with Gasteiger partial charge in [-0.3, -0.25) is 9.97 Å². The molecule has 36 heavy (non-hydrogen) atoms. The maximum Gasteiger partial charge on any atom is 0.0886 e.